The van der Waals surface area contributed by atoms with Crippen molar-refractivity contribution in [2.24, 2.45) is 5.73 Å². The summed E-state index contributed by atoms with van der Waals surface area (Å²) in [6.45, 7) is -2.11. The molecule has 47 heavy (non-hydrogen) atoms. The molecule has 5 heterocycles. The van der Waals surface area contributed by atoms with Crippen LogP contribution in [0.25, 0.3) is 11.2 Å². The lowest BCUT2D eigenvalue weighted by Crippen LogP contribution is -2.47. The second-order valence-corrected chi connectivity index (χ2v) is 13.2. The first kappa shape index (κ1) is 34.9. The van der Waals surface area contributed by atoms with Gasteiger partial charge >= 0.3 is 7.82 Å². The molecule has 1 amide bonds. The molecular weight excluding hydrogens is 672 g/mol. The largest absolute Gasteiger partial charge is 0.756 e. The summed E-state index contributed by atoms with van der Waals surface area (Å²) in [7, 11) is -11.1. The summed E-state index contributed by atoms with van der Waals surface area (Å²) in [5.41, 5.74) is 11.5. The summed E-state index contributed by atoms with van der Waals surface area (Å²) in [4.78, 5) is 46.0. The number of amides is 1. The third kappa shape index (κ3) is 7.66. The highest BCUT2D eigenvalue weighted by atomic mass is 31.3. The molecule has 10 atom stereocenters. The van der Waals surface area contributed by atoms with E-state index in [0.717, 1.165) is 6.33 Å². The number of anilines is 1. The lowest BCUT2D eigenvalue weighted by molar-refractivity contribution is -0.766. The molecule has 0 radical (unpaired) electrons. The number of phosphoric ester groups is 2. The molecule has 0 aromatic carbocycles. The van der Waals surface area contributed by atoms with Crippen LogP contribution in [-0.4, -0.2) is 102 Å². The van der Waals surface area contributed by atoms with Crippen LogP contribution in [0.5, 0.6) is 0 Å². The monoisotopic (exact) mass is 701 g/mol. The average Bonchev–Trinajstić information content (AvgIpc) is 3.67. The van der Waals surface area contributed by atoms with Gasteiger partial charge in [0.25, 0.3) is 20.0 Å². The molecule has 5 rings (SSSR count). The quantitative estimate of drug-likeness (QED) is 0.0588. The number of aliphatic hydroxyl groups is 3. The Morgan fingerprint density at radius 2 is 1.85 bits per heavy atom. The number of fused-ring (bicyclic) bond motifs is 1. The van der Waals surface area contributed by atoms with Crippen LogP contribution in [0.3, 0.4) is 0 Å². The Hall–Kier alpha value is -3.45. The zero-order valence-corrected chi connectivity index (χ0v) is 25.7. The number of rotatable bonds is 13. The van der Waals surface area contributed by atoms with E-state index in [0.29, 0.717) is 0 Å². The number of nitrogen functional groups attached to an aromatic ring is 1. The number of primary amides is 1. The standard InChI is InChI=1S/C24H29N7O14P2/c1-2-6-40-19-17(33)14(44-24(19)30-5-3-4-12(7-30)21(26)35)9-42-47(38,39)45-46(36,37)41-8-13-16(32)18(34)23(43-13)31-11-29-15-20(25)27-10-28-22(15)31/h1,3-5,7,10-11,13-14,16-19,23-24,32-34H,6,8-9H2,(H5-,25,26,27,28,35,36,37,38,39)/t13-,14-,16-,17-,18-,19-,23-,24-/m1/s1. The van der Waals surface area contributed by atoms with Crippen LogP contribution in [0.15, 0.2) is 37.2 Å². The Balaban J connectivity index is 1.18. The summed E-state index contributed by atoms with van der Waals surface area (Å²) in [6.07, 6.45) is -0.877. The fraction of sp³-hybridized carbons (Fsp3) is 0.458. The van der Waals surface area contributed by atoms with Gasteiger partial charge in [0.15, 0.2) is 36.2 Å². The highest BCUT2D eigenvalue weighted by Gasteiger charge is 2.51. The van der Waals surface area contributed by atoms with Crippen LogP contribution >= 0.6 is 15.6 Å². The highest BCUT2D eigenvalue weighted by Crippen LogP contribution is 2.58. The van der Waals surface area contributed by atoms with Gasteiger partial charge in [-0.2, -0.15) is 4.57 Å². The summed E-state index contributed by atoms with van der Waals surface area (Å²) >= 11 is 0. The number of carbonyl (C=O) groups excluding carboxylic acids is 1. The maximum absolute atomic E-state index is 12.5. The van der Waals surface area contributed by atoms with E-state index in [4.69, 9.17) is 41.1 Å². The Morgan fingerprint density at radius 3 is 2.57 bits per heavy atom. The molecule has 3 aromatic heterocycles. The smallest absolute Gasteiger partial charge is 0.478 e. The molecule has 8 N–H and O–H groups in total. The predicted octanol–water partition coefficient (Wildman–Crippen LogP) is -2.99. The Kier molecular flexibility index (Phi) is 10.4. The number of nitrogens with zero attached hydrogens (tertiary/aromatic N) is 5. The minimum absolute atomic E-state index is 0.0454. The normalized spacial score (nSPS) is 30.1. The molecule has 2 aliphatic heterocycles. The molecule has 23 heteroatoms. The number of nitrogens with two attached hydrogens (primary N) is 2. The van der Waals surface area contributed by atoms with Gasteiger partial charge in [-0.05, 0) is 6.07 Å². The van der Waals surface area contributed by atoms with Gasteiger partial charge in [0.1, 0.15) is 54.5 Å². The van der Waals surface area contributed by atoms with Crippen molar-refractivity contribution in [1.29, 1.82) is 0 Å². The first-order valence-electron chi connectivity index (χ1n) is 13.5. The second-order valence-electron chi connectivity index (χ2n) is 10.2. The third-order valence-corrected chi connectivity index (χ3v) is 9.64. The van der Waals surface area contributed by atoms with Crippen molar-refractivity contribution in [2.45, 2.75) is 49.1 Å². The topological polar surface area (TPSA) is 310 Å². The number of imidazole rings is 1. The van der Waals surface area contributed by atoms with Crippen LogP contribution in [0.1, 0.15) is 22.8 Å². The third-order valence-electron chi connectivity index (χ3n) is 7.07. The van der Waals surface area contributed by atoms with E-state index in [1.165, 1.54) is 40.0 Å². The molecule has 3 aromatic rings. The SMILES string of the molecule is C#CCO[C@@H]1[C@H](O)[C@@H](COP(=O)([O-])OP(=O)(O)OC[C@H]2O[C@@H](n3cnc4c(N)ncnc43)[C@H](O)[C@@H]2O)O[C@H]1[n+]1cccc(C(N)=O)c1. The van der Waals surface area contributed by atoms with Crippen molar-refractivity contribution >= 4 is 38.5 Å². The number of hydrogen-bond acceptors (Lipinski definition) is 17. The van der Waals surface area contributed by atoms with E-state index >= 15 is 0 Å². The van der Waals surface area contributed by atoms with Crippen molar-refractivity contribution in [2.75, 3.05) is 25.6 Å². The lowest BCUT2D eigenvalue weighted by atomic mass is 10.1. The number of phosphoric acid groups is 2. The van der Waals surface area contributed by atoms with Gasteiger partial charge in [0, 0.05) is 6.07 Å². The Morgan fingerprint density at radius 1 is 1.13 bits per heavy atom. The van der Waals surface area contributed by atoms with Crippen molar-refractivity contribution in [3.8, 4) is 12.3 Å². The van der Waals surface area contributed by atoms with E-state index in [1.807, 2.05) is 0 Å². The van der Waals surface area contributed by atoms with E-state index < -0.39 is 83.8 Å². The van der Waals surface area contributed by atoms with E-state index in [9.17, 15) is 39.0 Å². The summed E-state index contributed by atoms with van der Waals surface area (Å²) in [5, 5.41) is 31.8. The van der Waals surface area contributed by atoms with Gasteiger partial charge in [0.05, 0.1) is 19.5 Å². The average molecular weight is 701 g/mol. The molecule has 2 aliphatic rings. The maximum atomic E-state index is 12.5. The first-order chi connectivity index (χ1) is 22.2. The number of pyridine rings is 1. The van der Waals surface area contributed by atoms with E-state index in [2.05, 4.69) is 25.2 Å². The highest BCUT2D eigenvalue weighted by molar-refractivity contribution is 7.60. The fourth-order valence-corrected chi connectivity index (χ4v) is 6.93. The fourth-order valence-electron chi connectivity index (χ4n) is 4.88. The van der Waals surface area contributed by atoms with Crippen molar-refractivity contribution in [1.82, 2.24) is 19.5 Å². The number of hydrogen-bond donors (Lipinski definition) is 6. The van der Waals surface area contributed by atoms with Gasteiger partial charge in [-0.25, -0.2) is 23.8 Å². The first-order valence-corrected chi connectivity index (χ1v) is 16.4. The summed E-state index contributed by atoms with van der Waals surface area (Å²) < 4.78 is 58.0. The van der Waals surface area contributed by atoms with Gasteiger partial charge in [-0.3, -0.25) is 18.5 Å². The number of aromatic nitrogens is 5. The van der Waals surface area contributed by atoms with Gasteiger partial charge in [-0.1, -0.05) is 5.92 Å². The zero-order valence-electron chi connectivity index (χ0n) is 23.9. The van der Waals surface area contributed by atoms with Crippen molar-refractivity contribution < 1.29 is 71.2 Å². The number of carbonyl (C=O) groups is 1. The van der Waals surface area contributed by atoms with E-state index in [-0.39, 0.29) is 29.2 Å². The summed E-state index contributed by atoms with van der Waals surface area (Å²) in [5.74, 6) is 1.52. The number of aliphatic hydroxyl groups excluding tert-OH is 3. The molecule has 2 saturated heterocycles. The predicted molar refractivity (Wildman–Crippen MR) is 150 cm³/mol. The van der Waals surface area contributed by atoms with Crippen LogP contribution in [0.4, 0.5) is 5.82 Å². The molecule has 0 spiro atoms. The molecule has 254 valence electrons. The number of terminal acetylenes is 1. The lowest BCUT2D eigenvalue weighted by Gasteiger charge is -2.26. The summed E-state index contributed by atoms with van der Waals surface area (Å²) in [6, 6.07) is 2.90. The maximum Gasteiger partial charge on any atom is 0.478 e. The molecular formula is C24H29N7O14P2. The minimum Gasteiger partial charge on any atom is -0.756 e. The van der Waals surface area contributed by atoms with Gasteiger partial charge < -0.3 is 55.3 Å². The van der Waals surface area contributed by atoms with Crippen LogP contribution in [-0.2, 0) is 36.7 Å². The molecule has 2 fully saturated rings. The van der Waals surface area contributed by atoms with Crippen LogP contribution in [0.2, 0.25) is 0 Å². The van der Waals surface area contributed by atoms with E-state index in [1.54, 1.807) is 0 Å². The molecule has 0 saturated carbocycles. The van der Waals surface area contributed by atoms with Crippen LogP contribution in [0, 0.1) is 12.3 Å². The Bertz CT molecular complexity index is 1760. The van der Waals surface area contributed by atoms with Crippen molar-refractivity contribution in [3.05, 3.63) is 42.7 Å². The second kappa shape index (κ2) is 14.0. The van der Waals surface area contributed by atoms with Gasteiger partial charge in [-0.15, -0.1) is 6.42 Å². The van der Waals surface area contributed by atoms with Crippen LogP contribution < -0.4 is 20.9 Å². The Labute approximate surface area is 264 Å². The molecule has 21 nitrogen and oxygen atoms in total. The van der Waals surface area contributed by atoms with Crippen molar-refractivity contribution in [3.63, 3.8) is 0 Å². The zero-order chi connectivity index (χ0) is 34.1. The molecule has 0 aliphatic carbocycles. The minimum atomic E-state index is -5.63. The number of ether oxygens (including phenoxy) is 3. The molecule has 2 unspecified atom stereocenters. The van der Waals surface area contributed by atoms with Gasteiger partial charge in [0.2, 0.25) is 0 Å². The molecule has 0 bridgehead atoms.